The second kappa shape index (κ2) is 10.9. The van der Waals surface area contributed by atoms with Gasteiger partial charge in [0.15, 0.2) is 17.3 Å². The van der Waals surface area contributed by atoms with Crippen molar-refractivity contribution in [2.45, 2.75) is 37.8 Å². The molecule has 1 atom stereocenters. The Morgan fingerprint density at radius 1 is 1.13 bits per heavy atom. The number of methoxy groups -OCH3 is 3. The fraction of sp³-hybridized carbons (Fsp3) is 0.478. The van der Waals surface area contributed by atoms with E-state index in [1.807, 2.05) is 0 Å². The van der Waals surface area contributed by atoms with Gasteiger partial charge in [0.1, 0.15) is 6.04 Å². The molecule has 1 aromatic carbocycles. The topological polar surface area (TPSA) is 90.2 Å². The van der Waals surface area contributed by atoms with Gasteiger partial charge in [-0.3, -0.25) is 9.59 Å². The van der Waals surface area contributed by atoms with E-state index in [9.17, 15) is 9.59 Å². The summed E-state index contributed by atoms with van der Waals surface area (Å²) in [7, 11) is 4.64. The predicted molar refractivity (Wildman–Crippen MR) is 114 cm³/mol. The Labute approximate surface area is 182 Å². The molecule has 1 fully saturated rings. The van der Waals surface area contributed by atoms with Crippen molar-refractivity contribution in [1.82, 2.24) is 10.2 Å². The third kappa shape index (κ3) is 5.38. The summed E-state index contributed by atoms with van der Waals surface area (Å²) < 4.78 is 21.3. The maximum absolute atomic E-state index is 13.5. The molecule has 2 amide bonds. The van der Waals surface area contributed by atoms with Crippen molar-refractivity contribution in [2.24, 2.45) is 0 Å². The minimum absolute atomic E-state index is 0.109. The van der Waals surface area contributed by atoms with Crippen molar-refractivity contribution in [3.8, 4) is 11.5 Å². The van der Waals surface area contributed by atoms with Crippen LogP contribution in [0.25, 0.3) is 0 Å². The van der Waals surface area contributed by atoms with Gasteiger partial charge >= 0.3 is 0 Å². The Bertz CT molecular complexity index is 861. The van der Waals surface area contributed by atoms with E-state index in [0.29, 0.717) is 17.1 Å². The van der Waals surface area contributed by atoms with Crippen molar-refractivity contribution in [3.63, 3.8) is 0 Å². The van der Waals surface area contributed by atoms with Gasteiger partial charge in [-0.1, -0.05) is 18.9 Å². The first-order valence-corrected chi connectivity index (χ1v) is 10.4. The lowest BCUT2D eigenvalue weighted by Crippen LogP contribution is -2.47. The van der Waals surface area contributed by atoms with Gasteiger partial charge in [-0.25, -0.2) is 0 Å². The number of benzene rings is 1. The zero-order valence-corrected chi connectivity index (χ0v) is 18.3. The van der Waals surface area contributed by atoms with Crippen LogP contribution in [0.2, 0.25) is 0 Å². The molecule has 1 saturated carbocycles. The van der Waals surface area contributed by atoms with Crippen molar-refractivity contribution in [3.05, 3.63) is 47.9 Å². The first-order valence-electron chi connectivity index (χ1n) is 10.4. The highest BCUT2D eigenvalue weighted by Crippen LogP contribution is 2.33. The predicted octanol–water partition coefficient (Wildman–Crippen LogP) is 3.19. The molecular weight excluding hydrogens is 400 g/mol. The molecule has 8 heteroatoms. The molecule has 31 heavy (non-hydrogen) atoms. The molecule has 1 heterocycles. The van der Waals surface area contributed by atoms with Crippen molar-refractivity contribution in [1.29, 1.82) is 0 Å². The van der Waals surface area contributed by atoms with E-state index in [4.69, 9.17) is 18.6 Å². The lowest BCUT2D eigenvalue weighted by Gasteiger charge is -2.31. The van der Waals surface area contributed by atoms with Crippen LogP contribution in [-0.4, -0.2) is 57.2 Å². The number of furan rings is 1. The smallest absolute Gasteiger partial charge is 0.290 e. The number of ether oxygens (including phenoxy) is 3. The minimum Gasteiger partial charge on any atom is -0.493 e. The van der Waals surface area contributed by atoms with E-state index in [1.54, 1.807) is 44.6 Å². The molecular formula is C23H30N2O6. The number of hydrogen-bond acceptors (Lipinski definition) is 6. The SMILES string of the molecule is COCCN(C(=O)c1ccco1)C(C(=O)NC1CCCC1)c1ccc(OC)c(OC)c1. The zero-order valence-electron chi connectivity index (χ0n) is 18.3. The number of hydrogen-bond donors (Lipinski definition) is 1. The lowest BCUT2D eigenvalue weighted by atomic mass is 10.0. The molecule has 0 saturated heterocycles. The highest BCUT2D eigenvalue weighted by molar-refractivity contribution is 5.96. The fourth-order valence-electron chi connectivity index (χ4n) is 3.93. The molecule has 2 aromatic rings. The molecule has 1 unspecified atom stereocenters. The van der Waals surface area contributed by atoms with Crippen LogP contribution in [0.4, 0.5) is 0 Å². The maximum Gasteiger partial charge on any atom is 0.290 e. The van der Waals surface area contributed by atoms with Crippen LogP contribution in [0.3, 0.4) is 0 Å². The number of rotatable bonds is 10. The van der Waals surface area contributed by atoms with Gasteiger partial charge in [0.25, 0.3) is 5.91 Å². The molecule has 1 aliphatic rings. The van der Waals surface area contributed by atoms with E-state index in [-0.39, 0.29) is 36.8 Å². The monoisotopic (exact) mass is 430 g/mol. The average Bonchev–Trinajstić information content (AvgIpc) is 3.50. The van der Waals surface area contributed by atoms with Crippen LogP contribution < -0.4 is 14.8 Å². The largest absolute Gasteiger partial charge is 0.493 e. The van der Waals surface area contributed by atoms with E-state index < -0.39 is 6.04 Å². The summed E-state index contributed by atoms with van der Waals surface area (Å²) in [5.74, 6) is 0.562. The van der Waals surface area contributed by atoms with Crippen molar-refractivity contribution < 1.29 is 28.2 Å². The number of carbonyl (C=O) groups excluding carboxylic acids is 2. The summed E-state index contributed by atoms with van der Waals surface area (Å²) >= 11 is 0. The Kier molecular flexibility index (Phi) is 7.94. The fourth-order valence-corrected chi connectivity index (χ4v) is 3.93. The molecule has 1 aliphatic carbocycles. The van der Waals surface area contributed by atoms with Crippen LogP contribution in [0.5, 0.6) is 11.5 Å². The maximum atomic E-state index is 13.5. The first kappa shape index (κ1) is 22.7. The molecule has 168 valence electrons. The van der Waals surface area contributed by atoms with Gasteiger partial charge in [0, 0.05) is 19.7 Å². The standard InChI is InChI=1S/C23H30N2O6/c1-28-14-12-25(23(27)19-9-6-13-31-19)21(22(26)24-17-7-4-5-8-17)16-10-11-18(29-2)20(15-16)30-3/h6,9-11,13,15,17,21H,4-5,7-8,12,14H2,1-3H3,(H,24,26). The summed E-state index contributed by atoms with van der Waals surface area (Å²) in [6.45, 7) is 0.486. The molecule has 1 N–H and O–H groups in total. The van der Waals surface area contributed by atoms with Gasteiger partial charge in [0.2, 0.25) is 5.91 Å². The van der Waals surface area contributed by atoms with Crippen LogP contribution in [0.1, 0.15) is 47.8 Å². The molecule has 0 radical (unpaired) electrons. The summed E-state index contributed by atoms with van der Waals surface area (Å²) in [6, 6.07) is 7.69. The Hall–Kier alpha value is -3.00. The summed E-state index contributed by atoms with van der Waals surface area (Å²) in [5.41, 5.74) is 0.615. The Balaban J connectivity index is 2.01. The van der Waals surface area contributed by atoms with Crippen LogP contribution in [-0.2, 0) is 9.53 Å². The average molecular weight is 431 g/mol. The Morgan fingerprint density at radius 3 is 2.48 bits per heavy atom. The summed E-state index contributed by atoms with van der Waals surface area (Å²) in [5, 5.41) is 3.12. The van der Waals surface area contributed by atoms with E-state index in [0.717, 1.165) is 25.7 Å². The molecule has 0 bridgehead atoms. The van der Waals surface area contributed by atoms with Gasteiger partial charge < -0.3 is 28.8 Å². The number of nitrogens with one attached hydrogen (secondary N) is 1. The summed E-state index contributed by atoms with van der Waals surface area (Å²) in [4.78, 5) is 28.3. The van der Waals surface area contributed by atoms with Crippen LogP contribution >= 0.6 is 0 Å². The minimum atomic E-state index is -0.881. The third-order valence-electron chi connectivity index (χ3n) is 5.51. The van der Waals surface area contributed by atoms with E-state index in [1.165, 1.54) is 18.3 Å². The summed E-state index contributed by atoms with van der Waals surface area (Å²) in [6.07, 6.45) is 5.49. The van der Waals surface area contributed by atoms with Crippen molar-refractivity contribution >= 4 is 11.8 Å². The number of carbonyl (C=O) groups is 2. The normalized spacial score (nSPS) is 14.8. The molecule has 3 rings (SSSR count). The number of nitrogens with zero attached hydrogens (tertiary/aromatic N) is 1. The first-order chi connectivity index (χ1) is 15.1. The van der Waals surface area contributed by atoms with Gasteiger partial charge in [-0.15, -0.1) is 0 Å². The van der Waals surface area contributed by atoms with Gasteiger partial charge in [0.05, 0.1) is 27.1 Å². The molecule has 1 aromatic heterocycles. The molecule has 0 aliphatic heterocycles. The second-order valence-corrected chi connectivity index (χ2v) is 7.48. The van der Waals surface area contributed by atoms with Gasteiger partial charge in [-0.05, 0) is 42.7 Å². The third-order valence-corrected chi connectivity index (χ3v) is 5.51. The lowest BCUT2D eigenvalue weighted by molar-refractivity contribution is -0.126. The van der Waals surface area contributed by atoms with E-state index >= 15 is 0 Å². The van der Waals surface area contributed by atoms with Crippen LogP contribution in [0.15, 0.2) is 41.0 Å². The molecule has 0 spiro atoms. The zero-order chi connectivity index (χ0) is 22.2. The van der Waals surface area contributed by atoms with E-state index in [2.05, 4.69) is 5.32 Å². The quantitative estimate of drug-likeness (QED) is 0.623. The highest BCUT2D eigenvalue weighted by atomic mass is 16.5. The second-order valence-electron chi connectivity index (χ2n) is 7.48. The highest BCUT2D eigenvalue weighted by Gasteiger charge is 2.35. The molecule has 8 nitrogen and oxygen atoms in total. The van der Waals surface area contributed by atoms with Crippen molar-refractivity contribution in [2.75, 3.05) is 34.5 Å². The van der Waals surface area contributed by atoms with Crippen LogP contribution in [0, 0.1) is 0 Å². The Morgan fingerprint density at radius 2 is 1.87 bits per heavy atom. The van der Waals surface area contributed by atoms with Gasteiger partial charge in [-0.2, -0.15) is 0 Å². The number of amides is 2.